The van der Waals surface area contributed by atoms with Crippen molar-refractivity contribution in [2.75, 3.05) is 11.6 Å². The van der Waals surface area contributed by atoms with E-state index in [9.17, 15) is 8.94 Å². The van der Waals surface area contributed by atoms with E-state index in [2.05, 4.69) is 15.3 Å². The molecule has 1 aliphatic rings. The number of nitrogens with zero attached hydrogens (tertiary/aromatic N) is 3. The number of benzene rings is 1. The minimum Gasteiger partial charge on any atom is -0.609 e. The van der Waals surface area contributed by atoms with Gasteiger partial charge in [-0.2, -0.15) is 4.98 Å². The Morgan fingerprint density at radius 3 is 2.54 bits per heavy atom. The number of pyridine rings is 1. The quantitative estimate of drug-likeness (QED) is 0.648. The molecule has 146 valence electrons. The van der Waals surface area contributed by atoms with E-state index in [0.717, 1.165) is 35.5 Å². The average molecular weight is 399 g/mol. The maximum absolute atomic E-state index is 13.4. The van der Waals surface area contributed by atoms with E-state index in [1.165, 1.54) is 25.0 Å². The predicted molar refractivity (Wildman–Crippen MR) is 110 cm³/mol. The van der Waals surface area contributed by atoms with Gasteiger partial charge < -0.3 is 9.87 Å². The van der Waals surface area contributed by atoms with Gasteiger partial charge in [0.05, 0.1) is 5.69 Å². The molecule has 7 heteroatoms. The molecule has 0 amide bonds. The number of hydrogen-bond acceptors (Lipinski definition) is 4. The molecule has 1 aliphatic carbocycles. The summed E-state index contributed by atoms with van der Waals surface area (Å²) in [6, 6.07) is 10.6. The number of aromatic nitrogens is 3. The molecule has 0 saturated heterocycles. The van der Waals surface area contributed by atoms with Crippen LogP contribution >= 0.6 is 0 Å². The van der Waals surface area contributed by atoms with Gasteiger partial charge in [-0.05, 0) is 49.2 Å². The van der Waals surface area contributed by atoms with Crippen LogP contribution in [0.2, 0.25) is 0 Å². The summed E-state index contributed by atoms with van der Waals surface area (Å²) in [6.07, 6.45) is 8.21. The van der Waals surface area contributed by atoms with E-state index in [-0.39, 0.29) is 5.82 Å². The lowest BCUT2D eigenvalue weighted by molar-refractivity contribution is 0.584. The summed E-state index contributed by atoms with van der Waals surface area (Å²) < 4.78 is 27.4. The molecular formula is C21H23FN4OS. The Kier molecular flexibility index (Phi) is 5.37. The second-order valence-corrected chi connectivity index (χ2v) is 8.44. The van der Waals surface area contributed by atoms with Gasteiger partial charge in [0.2, 0.25) is 0 Å². The summed E-state index contributed by atoms with van der Waals surface area (Å²) in [5, 5.41) is 4.00. The minimum absolute atomic E-state index is 0.299. The number of imidazole rings is 1. The minimum atomic E-state index is -1.24. The third-order valence-corrected chi connectivity index (χ3v) is 6.05. The normalized spacial score (nSPS) is 15.7. The molecule has 0 aliphatic heterocycles. The summed E-state index contributed by atoms with van der Waals surface area (Å²) in [6.45, 7) is 0. The first kappa shape index (κ1) is 19.0. The van der Waals surface area contributed by atoms with Gasteiger partial charge in [0, 0.05) is 41.6 Å². The third kappa shape index (κ3) is 3.77. The van der Waals surface area contributed by atoms with Crippen molar-refractivity contribution in [1.29, 1.82) is 0 Å². The Bertz CT molecular complexity index is 965. The molecule has 0 spiro atoms. The lowest BCUT2D eigenvalue weighted by Gasteiger charge is -2.14. The van der Waals surface area contributed by atoms with Crippen LogP contribution in [0.15, 0.2) is 47.8 Å². The Labute approximate surface area is 167 Å². The summed E-state index contributed by atoms with van der Waals surface area (Å²) in [7, 11) is 1.86. The van der Waals surface area contributed by atoms with Crippen molar-refractivity contribution in [3.8, 4) is 22.5 Å². The lowest BCUT2D eigenvalue weighted by Crippen LogP contribution is -2.15. The largest absolute Gasteiger partial charge is 0.609 e. The molecule has 2 aromatic heterocycles. The molecule has 1 fully saturated rings. The van der Waals surface area contributed by atoms with Crippen molar-refractivity contribution < 1.29 is 8.94 Å². The summed E-state index contributed by atoms with van der Waals surface area (Å²) in [5.41, 5.74) is 3.24. The van der Waals surface area contributed by atoms with Crippen molar-refractivity contribution in [1.82, 2.24) is 14.5 Å². The molecule has 1 aromatic carbocycles. The van der Waals surface area contributed by atoms with Gasteiger partial charge in [-0.25, -0.2) is 9.37 Å². The smallest absolute Gasteiger partial charge is 0.323 e. The predicted octanol–water partition coefficient (Wildman–Crippen LogP) is 4.38. The molecule has 1 N–H and O–H groups in total. The molecule has 1 unspecified atom stereocenters. The number of halogens is 1. The van der Waals surface area contributed by atoms with Crippen LogP contribution in [0.1, 0.15) is 25.7 Å². The number of nitrogens with one attached hydrogen (secondary N) is 1. The van der Waals surface area contributed by atoms with Crippen molar-refractivity contribution in [2.45, 2.75) is 36.9 Å². The van der Waals surface area contributed by atoms with Gasteiger partial charge in [-0.15, -0.1) is 0 Å². The first-order valence-electron chi connectivity index (χ1n) is 9.42. The van der Waals surface area contributed by atoms with Gasteiger partial charge >= 0.3 is 5.16 Å². The third-order valence-electron chi connectivity index (χ3n) is 5.17. The van der Waals surface area contributed by atoms with Crippen LogP contribution in [0, 0.1) is 5.82 Å². The van der Waals surface area contributed by atoms with E-state index in [1.807, 2.05) is 23.7 Å². The Balaban J connectivity index is 1.78. The summed E-state index contributed by atoms with van der Waals surface area (Å²) in [4.78, 5) is 9.08. The Hall–Kier alpha value is -2.38. The van der Waals surface area contributed by atoms with Crippen LogP contribution in [0.5, 0.6) is 0 Å². The van der Waals surface area contributed by atoms with Gasteiger partial charge in [-0.1, -0.05) is 12.8 Å². The van der Waals surface area contributed by atoms with E-state index >= 15 is 0 Å². The number of hydrogen-bond donors (Lipinski definition) is 1. The molecular weight excluding hydrogens is 375 g/mol. The van der Waals surface area contributed by atoms with Gasteiger partial charge in [0.1, 0.15) is 23.6 Å². The monoisotopic (exact) mass is 398 g/mol. The first-order chi connectivity index (χ1) is 13.5. The van der Waals surface area contributed by atoms with Crippen molar-refractivity contribution in [2.24, 2.45) is 7.05 Å². The van der Waals surface area contributed by atoms with Crippen LogP contribution in [0.25, 0.3) is 22.5 Å². The van der Waals surface area contributed by atoms with Crippen LogP contribution in [0.3, 0.4) is 0 Å². The highest BCUT2D eigenvalue weighted by molar-refractivity contribution is 7.90. The fourth-order valence-electron chi connectivity index (χ4n) is 3.81. The summed E-state index contributed by atoms with van der Waals surface area (Å²) in [5.74, 6) is 0.530. The Morgan fingerprint density at radius 1 is 1.14 bits per heavy atom. The molecule has 2 heterocycles. The molecule has 5 nitrogen and oxygen atoms in total. The summed E-state index contributed by atoms with van der Waals surface area (Å²) >= 11 is -1.24. The molecule has 3 aromatic rings. The molecule has 1 atom stereocenters. The fraction of sp³-hybridized carbons (Fsp3) is 0.333. The van der Waals surface area contributed by atoms with Crippen LogP contribution in [-0.4, -0.2) is 31.4 Å². The molecule has 4 rings (SSSR count). The molecule has 28 heavy (non-hydrogen) atoms. The topological polar surface area (TPSA) is 65.8 Å². The number of anilines is 1. The van der Waals surface area contributed by atoms with E-state index in [4.69, 9.17) is 0 Å². The van der Waals surface area contributed by atoms with E-state index in [0.29, 0.717) is 16.9 Å². The lowest BCUT2D eigenvalue weighted by atomic mass is 10.1. The average Bonchev–Trinajstić information content (AvgIpc) is 3.30. The van der Waals surface area contributed by atoms with Crippen molar-refractivity contribution >= 4 is 17.0 Å². The van der Waals surface area contributed by atoms with Crippen molar-refractivity contribution in [3.63, 3.8) is 0 Å². The Morgan fingerprint density at radius 2 is 1.86 bits per heavy atom. The van der Waals surface area contributed by atoms with E-state index < -0.39 is 11.2 Å². The second-order valence-electron chi connectivity index (χ2n) is 7.17. The highest BCUT2D eigenvalue weighted by Crippen LogP contribution is 2.34. The maximum atomic E-state index is 13.4. The molecule has 0 radical (unpaired) electrons. The van der Waals surface area contributed by atoms with Gasteiger partial charge in [0.25, 0.3) is 0 Å². The van der Waals surface area contributed by atoms with Crippen LogP contribution in [0.4, 0.5) is 10.2 Å². The van der Waals surface area contributed by atoms with Gasteiger partial charge in [-0.3, -0.25) is 4.57 Å². The molecule has 1 saturated carbocycles. The highest BCUT2D eigenvalue weighted by Gasteiger charge is 2.24. The van der Waals surface area contributed by atoms with Crippen LogP contribution in [-0.2, 0) is 18.2 Å². The zero-order valence-corrected chi connectivity index (χ0v) is 16.8. The zero-order valence-electron chi connectivity index (χ0n) is 16.0. The second kappa shape index (κ2) is 7.93. The SMILES string of the molecule is Cn1c([S+](C)[O-])nc(-c2ccc(F)cc2)c1-c1ccnc(NC2CCCC2)c1. The zero-order chi connectivity index (χ0) is 19.7. The standard InChI is InChI=1S/C21H23FN4OS/c1-26-20(15-11-12-23-18(13-15)24-17-5-3-4-6-17)19(25-21(26)28(2)27)14-7-9-16(22)10-8-14/h7-13,17H,3-6H2,1-2H3,(H,23,24). The fourth-order valence-corrected chi connectivity index (χ4v) is 4.51. The number of rotatable bonds is 5. The molecule has 0 bridgehead atoms. The van der Waals surface area contributed by atoms with Crippen LogP contribution < -0.4 is 5.32 Å². The van der Waals surface area contributed by atoms with E-state index in [1.54, 1.807) is 24.6 Å². The maximum Gasteiger partial charge on any atom is 0.323 e. The van der Waals surface area contributed by atoms with Crippen molar-refractivity contribution in [3.05, 3.63) is 48.4 Å². The highest BCUT2D eigenvalue weighted by atomic mass is 32.2. The first-order valence-corrected chi connectivity index (χ1v) is 11.0. The van der Waals surface area contributed by atoms with Gasteiger partial charge in [0.15, 0.2) is 0 Å².